The number of likely N-dealkylation sites (N-methyl/N-ethyl adjacent to an activating group) is 1. The van der Waals surface area contributed by atoms with Gasteiger partial charge in [-0.1, -0.05) is 0 Å². The third-order valence-electron chi connectivity index (χ3n) is 4.63. The van der Waals surface area contributed by atoms with Crippen LogP contribution in [0.5, 0.6) is 0 Å². The van der Waals surface area contributed by atoms with Gasteiger partial charge in [0.15, 0.2) is 0 Å². The van der Waals surface area contributed by atoms with Gasteiger partial charge in [-0.2, -0.15) is 0 Å². The lowest BCUT2D eigenvalue weighted by Crippen LogP contribution is -2.63. The largest absolute Gasteiger partial charge is 0.389 e. The van der Waals surface area contributed by atoms with E-state index in [9.17, 15) is 15.2 Å². The first-order valence-corrected chi connectivity index (χ1v) is 7.32. The van der Waals surface area contributed by atoms with Gasteiger partial charge in [0, 0.05) is 43.6 Å². The molecule has 2 rings (SSSR count). The molecular weight excluding hydrogens is 260 g/mol. The van der Waals surface area contributed by atoms with Crippen LogP contribution in [0.2, 0.25) is 0 Å². The fraction of sp³-hybridized carbons (Fsp3) is 1.00. The van der Waals surface area contributed by atoms with Gasteiger partial charge in [0.25, 0.3) is 6.17 Å². The molecule has 3 unspecified atom stereocenters. The molecule has 0 bridgehead atoms. The number of hydrogen-bond acceptors (Lipinski definition) is 6. The highest BCUT2D eigenvalue weighted by atomic mass is 16.6. The van der Waals surface area contributed by atoms with E-state index < -0.39 is 11.8 Å². The molecule has 0 aromatic heterocycles. The van der Waals surface area contributed by atoms with Crippen LogP contribution in [0.1, 0.15) is 26.7 Å². The molecular formula is C13H26N4O3. The van der Waals surface area contributed by atoms with Crippen molar-refractivity contribution in [2.45, 2.75) is 50.5 Å². The van der Waals surface area contributed by atoms with Crippen molar-refractivity contribution in [1.82, 2.24) is 15.1 Å². The molecule has 0 radical (unpaired) electrons. The van der Waals surface area contributed by atoms with Gasteiger partial charge in [-0.25, -0.2) is 0 Å². The molecule has 20 heavy (non-hydrogen) atoms. The van der Waals surface area contributed by atoms with E-state index in [1.807, 2.05) is 20.9 Å². The highest BCUT2D eigenvalue weighted by Gasteiger charge is 2.38. The molecule has 2 aliphatic rings. The van der Waals surface area contributed by atoms with Crippen LogP contribution in [0.15, 0.2) is 0 Å². The second kappa shape index (κ2) is 5.93. The van der Waals surface area contributed by atoms with Crippen molar-refractivity contribution < 1.29 is 10.0 Å². The molecule has 0 aromatic rings. The second-order valence-electron chi connectivity index (χ2n) is 6.59. The van der Waals surface area contributed by atoms with Crippen molar-refractivity contribution in [1.29, 1.82) is 0 Å². The van der Waals surface area contributed by atoms with Crippen molar-refractivity contribution in [2.75, 3.05) is 33.2 Å². The predicted octanol–water partition coefficient (Wildman–Crippen LogP) is -0.272. The zero-order valence-corrected chi connectivity index (χ0v) is 12.6. The summed E-state index contributed by atoms with van der Waals surface area (Å²) in [6.07, 6.45) is 0.835. The van der Waals surface area contributed by atoms with Gasteiger partial charge in [-0.05, 0) is 27.3 Å². The Hall–Kier alpha value is -0.760. The third kappa shape index (κ3) is 3.46. The molecule has 7 nitrogen and oxygen atoms in total. The number of rotatable bonds is 3. The average Bonchev–Trinajstić information content (AvgIpc) is 2.38. The first-order valence-electron chi connectivity index (χ1n) is 7.32. The topological polar surface area (TPSA) is 81.9 Å². The van der Waals surface area contributed by atoms with E-state index in [-0.39, 0.29) is 11.0 Å². The number of nitrogens with one attached hydrogen (secondary N) is 1. The van der Waals surface area contributed by atoms with Gasteiger partial charge in [0.2, 0.25) is 0 Å². The molecule has 7 heteroatoms. The molecule has 2 fully saturated rings. The number of nitro groups is 1. The van der Waals surface area contributed by atoms with Gasteiger partial charge in [0.1, 0.15) is 0 Å². The van der Waals surface area contributed by atoms with E-state index in [0.717, 1.165) is 26.1 Å². The Morgan fingerprint density at radius 1 is 1.35 bits per heavy atom. The van der Waals surface area contributed by atoms with Gasteiger partial charge in [-0.15, -0.1) is 0 Å². The van der Waals surface area contributed by atoms with Gasteiger partial charge in [-0.3, -0.25) is 25.2 Å². The molecule has 3 atom stereocenters. The summed E-state index contributed by atoms with van der Waals surface area (Å²) in [5.74, 6) is 0. The SMILES string of the molecule is CN1CCN(C2CCC([N+](=O)[O-])NC2)CC1C(C)(C)O. The van der Waals surface area contributed by atoms with Crippen molar-refractivity contribution in [2.24, 2.45) is 0 Å². The fourth-order valence-corrected chi connectivity index (χ4v) is 3.31. The molecule has 0 amide bonds. The van der Waals surface area contributed by atoms with Crippen LogP contribution in [0.4, 0.5) is 0 Å². The summed E-state index contributed by atoms with van der Waals surface area (Å²) < 4.78 is 0. The van der Waals surface area contributed by atoms with E-state index in [0.29, 0.717) is 19.0 Å². The summed E-state index contributed by atoms with van der Waals surface area (Å²) >= 11 is 0. The van der Waals surface area contributed by atoms with Crippen molar-refractivity contribution in [3.05, 3.63) is 10.1 Å². The smallest absolute Gasteiger partial charge is 0.266 e. The lowest BCUT2D eigenvalue weighted by atomic mass is 9.93. The van der Waals surface area contributed by atoms with Crippen LogP contribution < -0.4 is 5.32 Å². The van der Waals surface area contributed by atoms with Crippen LogP contribution in [-0.4, -0.2) is 76.9 Å². The number of piperazine rings is 1. The zero-order chi connectivity index (χ0) is 14.9. The molecule has 2 aliphatic heterocycles. The van der Waals surface area contributed by atoms with Crippen molar-refractivity contribution in [3.63, 3.8) is 0 Å². The molecule has 116 valence electrons. The number of hydrogen-bond donors (Lipinski definition) is 2. The van der Waals surface area contributed by atoms with E-state index in [2.05, 4.69) is 15.1 Å². The summed E-state index contributed by atoms with van der Waals surface area (Å²) in [5.41, 5.74) is -0.737. The second-order valence-corrected chi connectivity index (χ2v) is 6.59. The predicted molar refractivity (Wildman–Crippen MR) is 76.1 cm³/mol. The first-order chi connectivity index (χ1) is 9.29. The lowest BCUT2D eigenvalue weighted by Gasteiger charge is -2.48. The monoisotopic (exact) mass is 286 g/mol. The van der Waals surface area contributed by atoms with Crippen LogP contribution in [-0.2, 0) is 0 Å². The van der Waals surface area contributed by atoms with E-state index in [4.69, 9.17) is 0 Å². The lowest BCUT2D eigenvalue weighted by molar-refractivity contribution is -0.532. The van der Waals surface area contributed by atoms with Crippen LogP contribution >= 0.6 is 0 Å². The highest BCUT2D eigenvalue weighted by molar-refractivity contribution is 4.94. The fourth-order valence-electron chi connectivity index (χ4n) is 3.31. The molecule has 0 aliphatic carbocycles. The zero-order valence-electron chi connectivity index (χ0n) is 12.6. The summed E-state index contributed by atoms with van der Waals surface area (Å²) in [6, 6.07) is 0.439. The minimum Gasteiger partial charge on any atom is -0.389 e. The minimum absolute atomic E-state index is 0.101. The molecule has 2 heterocycles. The van der Waals surface area contributed by atoms with Gasteiger partial charge < -0.3 is 5.11 Å². The maximum absolute atomic E-state index is 10.8. The Balaban J connectivity index is 1.92. The molecule has 0 saturated carbocycles. The van der Waals surface area contributed by atoms with Crippen LogP contribution in [0.3, 0.4) is 0 Å². The summed E-state index contributed by atoms with van der Waals surface area (Å²) in [7, 11) is 2.04. The quantitative estimate of drug-likeness (QED) is 0.549. The Kier molecular flexibility index (Phi) is 4.63. The first kappa shape index (κ1) is 15.6. The Labute approximate surface area is 120 Å². The summed E-state index contributed by atoms with van der Waals surface area (Å²) in [5, 5.41) is 24.0. The maximum atomic E-state index is 10.8. The molecule has 0 spiro atoms. The van der Waals surface area contributed by atoms with Crippen LogP contribution in [0, 0.1) is 10.1 Å². The number of nitrogens with zero attached hydrogens (tertiary/aromatic N) is 3. The van der Waals surface area contributed by atoms with E-state index >= 15 is 0 Å². The Morgan fingerprint density at radius 3 is 2.55 bits per heavy atom. The number of piperidine rings is 1. The standard InChI is InChI=1S/C13H26N4O3/c1-13(2,18)11-9-16(7-6-15(11)3)10-4-5-12(14-8-10)17(19)20/h10-12,14,18H,4-9H2,1-3H3. The average molecular weight is 286 g/mol. The molecule has 2 N–H and O–H groups in total. The Morgan fingerprint density at radius 2 is 2.05 bits per heavy atom. The summed E-state index contributed by atoms with van der Waals surface area (Å²) in [6.45, 7) is 7.05. The molecule has 0 aromatic carbocycles. The Bertz CT molecular complexity index is 350. The van der Waals surface area contributed by atoms with Crippen molar-refractivity contribution in [3.8, 4) is 0 Å². The maximum Gasteiger partial charge on any atom is 0.266 e. The van der Waals surface area contributed by atoms with Gasteiger partial charge in [0.05, 0.1) is 11.6 Å². The normalized spacial score (nSPS) is 34.1. The van der Waals surface area contributed by atoms with Crippen molar-refractivity contribution >= 4 is 0 Å². The van der Waals surface area contributed by atoms with Gasteiger partial charge >= 0.3 is 0 Å². The van der Waals surface area contributed by atoms with E-state index in [1.165, 1.54) is 0 Å². The summed E-state index contributed by atoms with van der Waals surface area (Å²) in [4.78, 5) is 15.1. The van der Waals surface area contributed by atoms with E-state index in [1.54, 1.807) is 0 Å². The molecule has 2 saturated heterocycles. The number of aliphatic hydroxyl groups is 1. The van der Waals surface area contributed by atoms with Crippen LogP contribution in [0.25, 0.3) is 0 Å². The minimum atomic E-state index is -0.737. The third-order valence-corrected chi connectivity index (χ3v) is 4.63. The highest BCUT2D eigenvalue weighted by Crippen LogP contribution is 2.23.